The molecule has 0 aromatic carbocycles. The van der Waals surface area contributed by atoms with Crippen molar-refractivity contribution in [3.05, 3.63) is 70.7 Å². The number of alkyl halides is 3. The molecule has 1 atom stereocenters. The van der Waals surface area contributed by atoms with Crippen LogP contribution in [-0.2, 0) is 0 Å². The molecule has 0 radical (unpaired) electrons. The Labute approximate surface area is 167 Å². The fourth-order valence-corrected chi connectivity index (χ4v) is 3.66. The molecule has 1 unspecified atom stereocenters. The summed E-state index contributed by atoms with van der Waals surface area (Å²) in [5, 5.41) is 3.25. The lowest BCUT2D eigenvalue weighted by Crippen LogP contribution is -2.38. The third-order valence-corrected chi connectivity index (χ3v) is 5.15. The van der Waals surface area contributed by atoms with Crippen molar-refractivity contribution in [3.8, 4) is 11.3 Å². The Morgan fingerprint density at radius 1 is 1.28 bits per heavy atom. The van der Waals surface area contributed by atoms with E-state index >= 15 is 0 Å². The largest absolute Gasteiger partial charge is 0.415 e. The number of fused-ring (bicyclic) bond motifs is 1. The van der Waals surface area contributed by atoms with Crippen LogP contribution < -0.4 is 5.32 Å². The Kier molecular flexibility index (Phi) is 4.79. The van der Waals surface area contributed by atoms with E-state index in [1.165, 1.54) is 17.6 Å². The predicted octanol–water partition coefficient (Wildman–Crippen LogP) is 4.19. The van der Waals surface area contributed by atoms with Crippen molar-refractivity contribution < 1.29 is 18.0 Å². The first-order chi connectivity index (χ1) is 13.8. The molecular weight excluding hydrogens is 403 g/mol. The molecule has 0 bridgehead atoms. The SMILES string of the molecule is Cc1cc(-c2cccnc2)nc2c(C(=O)NC(c3nccs3)C(F)(F)F)ccn12. The average molecular weight is 417 g/mol. The van der Waals surface area contributed by atoms with Gasteiger partial charge in [-0.05, 0) is 31.2 Å². The zero-order valence-electron chi connectivity index (χ0n) is 15.0. The number of carbonyl (C=O) groups excluding carboxylic acids is 1. The maximum Gasteiger partial charge on any atom is 0.415 e. The predicted molar refractivity (Wildman–Crippen MR) is 102 cm³/mol. The number of aromatic nitrogens is 4. The molecule has 29 heavy (non-hydrogen) atoms. The molecule has 0 spiro atoms. The molecule has 0 fully saturated rings. The van der Waals surface area contributed by atoms with Crippen LogP contribution in [0.5, 0.6) is 0 Å². The summed E-state index contributed by atoms with van der Waals surface area (Å²) in [4.78, 5) is 25.0. The highest BCUT2D eigenvalue weighted by atomic mass is 32.1. The van der Waals surface area contributed by atoms with Crippen molar-refractivity contribution in [2.24, 2.45) is 0 Å². The molecule has 0 saturated carbocycles. The lowest BCUT2D eigenvalue weighted by Gasteiger charge is -2.19. The number of pyridine rings is 1. The quantitative estimate of drug-likeness (QED) is 0.540. The number of hydrogen-bond acceptors (Lipinski definition) is 5. The Morgan fingerprint density at radius 3 is 2.76 bits per heavy atom. The first kappa shape index (κ1) is 19.1. The second-order valence-corrected chi connectivity index (χ2v) is 7.19. The smallest absolute Gasteiger partial charge is 0.335 e. The van der Waals surface area contributed by atoms with Crippen LogP contribution in [0.1, 0.15) is 27.1 Å². The van der Waals surface area contributed by atoms with Gasteiger partial charge in [-0.3, -0.25) is 9.78 Å². The summed E-state index contributed by atoms with van der Waals surface area (Å²) in [6.45, 7) is 1.82. The van der Waals surface area contributed by atoms with Crippen LogP contribution in [0.15, 0.2) is 54.4 Å². The maximum atomic E-state index is 13.5. The van der Waals surface area contributed by atoms with Crippen LogP contribution >= 0.6 is 11.3 Å². The van der Waals surface area contributed by atoms with E-state index in [2.05, 4.69) is 20.3 Å². The molecule has 1 amide bonds. The third-order valence-electron chi connectivity index (χ3n) is 4.31. The average Bonchev–Trinajstić information content (AvgIpc) is 3.36. The van der Waals surface area contributed by atoms with E-state index in [1.54, 1.807) is 29.1 Å². The summed E-state index contributed by atoms with van der Waals surface area (Å²) in [5.74, 6) is -0.875. The lowest BCUT2D eigenvalue weighted by molar-refractivity contribution is -0.155. The number of amides is 1. The van der Waals surface area contributed by atoms with Crippen LogP contribution in [0.25, 0.3) is 16.9 Å². The second-order valence-electron chi connectivity index (χ2n) is 6.27. The van der Waals surface area contributed by atoms with Crippen molar-refractivity contribution in [1.82, 2.24) is 24.7 Å². The van der Waals surface area contributed by atoms with Gasteiger partial charge in [0.05, 0.1) is 11.3 Å². The Balaban J connectivity index is 1.73. The number of rotatable bonds is 4. The number of nitrogens with zero attached hydrogens (tertiary/aromatic N) is 4. The zero-order valence-corrected chi connectivity index (χ0v) is 15.8. The van der Waals surface area contributed by atoms with E-state index in [4.69, 9.17) is 0 Å². The van der Waals surface area contributed by atoms with Crippen molar-refractivity contribution >= 4 is 22.9 Å². The van der Waals surface area contributed by atoms with E-state index in [-0.39, 0.29) is 16.2 Å². The number of halogens is 3. The van der Waals surface area contributed by atoms with Crippen molar-refractivity contribution in [3.63, 3.8) is 0 Å². The molecule has 1 N–H and O–H groups in total. The molecule has 0 saturated heterocycles. The molecule has 148 valence electrons. The molecule has 6 nitrogen and oxygen atoms in total. The van der Waals surface area contributed by atoms with Crippen LogP contribution in [0.3, 0.4) is 0 Å². The standard InChI is InChI=1S/C19H14F3N5OS/c1-11-9-14(12-3-2-5-23-10-12)25-16-13(4-7-27(11)16)17(28)26-15(19(20,21)22)18-24-6-8-29-18/h2-10,15H,1H3,(H,26,28). The van der Waals surface area contributed by atoms with Crippen LogP contribution in [0.2, 0.25) is 0 Å². The van der Waals surface area contributed by atoms with Crippen molar-refractivity contribution in [1.29, 1.82) is 0 Å². The van der Waals surface area contributed by atoms with Crippen LogP contribution in [0, 0.1) is 6.92 Å². The zero-order chi connectivity index (χ0) is 20.6. The number of hydrogen-bond donors (Lipinski definition) is 1. The molecule has 4 heterocycles. The van der Waals surface area contributed by atoms with E-state index in [9.17, 15) is 18.0 Å². The van der Waals surface area contributed by atoms with Gasteiger partial charge < -0.3 is 9.72 Å². The molecule has 4 rings (SSSR count). The fourth-order valence-electron chi connectivity index (χ4n) is 2.95. The summed E-state index contributed by atoms with van der Waals surface area (Å²) in [5.41, 5.74) is 2.40. The maximum absolute atomic E-state index is 13.5. The molecular formula is C19H14F3N5OS. The topological polar surface area (TPSA) is 72.2 Å². The highest BCUT2D eigenvalue weighted by Crippen LogP contribution is 2.34. The second kappa shape index (κ2) is 7.28. The van der Waals surface area contributed by atoms with E-state index < -0.39 is 18.1 Å². The summed E-state index contributed by atoms with van der Waals surface area (Å²) in [6, 6.07) is 4.65. The molecule has 10 heteroatoms. The summed E-state index contributed by atoms with van der Waals surface area (Å²) in [7, 11) is 0. The minimum Gasteiger partial charge on any atom is -0.335 e. The van der Waals surface area contributed by atoms with Gasteiger partial charge in [0, 0.05) is 41.4 Å². The van der Waals surface area contributed by atoms with Gasteiger partial charge in [-0.2, -0.15) is 13.2 Å². The molecule has 0 aliphatic rings. The van der Waals surface area contributed by atoms with Gasteiger partial charge in [0.15, 0.2) is 6.04 Å². The normalized spacial score (nSPS) is 12.8. The van der Waals surface area contributed by atoms with Gasteiger partial charge in [0.2, 0.25) is 0 Å². The van der Waals surface area contributed by atoms with Gasteiger partial charge in [0.1, 0.15) is 10.7 Å². The van der Waals surface area contributed by atoms with E-state index in [1.807, 2.05) is 19.1 Å². The van der Waals surface area contributed by atoms with Gasteiger partial charge in [0.25, 0.3) is 5.91 Å². The summed E-state index contributed by atoms with van der Waals surface area (Å²) in [6.07, 6.45) is 1.45. The lowest BCUT2D eigenvalue weighted by atomic mass is 10.2. The Morgan fingerprint density at radius 2 is 2.10 bits per heavy atom. The van der Waals surface area contributed by atoms with Crippen LogP contribution in [0.4, 0.5) is 13.2 Å². The number of aryl methyl sites for hydroxylation is 1. The molecule has 4 aromatic heterocycles. The van der Waals surface area contributed by atoms with Crippen LogP contribution in [-0.4, -0.2) is 31.4 Å². The first-order valence-corrected chi connectivity index (χ1v) is 9.38. The first-order valence-electron chi connectivity index (χ1n) is 8.50. The van der Waals surface area contributed by atoms with Gasteiger partial charge in [-0.25, -0.2) is 9.97 Å². The van der Waals surface area contributed by atoms with E-state index in [0.29, 0.717) is 5.69 Å². The number of nitrogens with one attached hydrogen (secondary N) is 1. The highest BCUT2D eigenvalue weighted by molar-refractivity contribution is 7.09. The minimum absolute atomic E-state index is 0.0460. The van der Waals surface area contributed by atoms with Gasteiger partial charge in [-0.1, -0.05) is 0 Å². The third kappa shape index (κ3) is 3.70. The molecule has 0 aliphatic heterocycles. The Hall–Kier alpha value is -3.27. The van der Waals surface area contributed by atoms with E-state index in [0.717, 1.165) is 22.6 Å². The molecule has 0 aliphatic carbocycles. The Bertz CT molecular complexity index is 1160. The van der Waals surface area contributed by atoms with Gasteiger partial charge in [-0.15, -0.1) is 11.3 Å². The summed E-state index contributed by atoms with van der Waals surface area (Å²) >= 11 is 0.829. The highest BCUT2D eigenvalue weighted by Gasteiger charge is 2.44. The number of carbonyl (C=O) groups is 1. The minimum atomic E-state index is -4.67. The van der Waals surface area contributed by atoms with Crippen molar-refractivity contribution in [2.45, 2.75) is 19.1 Å². The van der Waals surface area contributed by atoms with Crippen molar-refractivity contribution in [2.75, 3.05) is 0 Å². The number of thiazole rings is 1. The fraction of sp³-hybridized carbons (Fsp3) is 0.158. The van der Waals surface area contributed by atoms with Gasteiger partial charge >= 0.3 is 6.18 Å². The monoisotopic (exact) mass is 417 g/mol. The summed E-state index contributed by atoms with van der Waals surface area (Å²) < 4.78 is 42.1. The molecule has 4 aromatic rings.